The van der Waals surface area contributed by atoms with Crippen molar-refractivity contribution in [2.24, 2.45) is 0 Å². The molecule has 23 heavy (non-hydrogen) atoms. The lowest BCUT2D eigenvalue weighted by Crippen LogP contribution is -2.21. The molecule has 0 unspecified atom stereocenters. The van der Waals surface area contributed by atoms with Gasteiger partial charge in [-0.15, -0.1) is 0 Å². The maximum atomic E-state index is 11.9. The van der Waals surface area contributed by atoms with Crippen LogP contribution in [0, 0.1) is 0 Å². The van der Waals surface area contributed by atoms with Crippen molar-refractivity contribution >= 4 is 5.97 Å². The van der Waals surface area contributed by atoms with Gasteiger partial charge in [0.1, 0.15) is 5.75 Å². The van der Waals surface area contributed by atoms with Crippen LogP contribution >= 0.6 is 0 Å². The fourth-order valence-electron chi connectivity index (χ4n) is 2.96. The summed E-state index contributed by atoms with van der Waals surface area (Å²) in [5, 5.41) is 10.0. The maximum Gasteiger partial charge on any atom is 0.312 e. The SMILES string of the molecule is COc1ccc([C@H]2CC(=O)Oc3cc4c(cc32)OCO4)cc1O. The molecule has 0 spiro atoms. The first-order valence-electron chi connectivity index (χ1n) is 7.17. The van der Waals surface area contributed by atoms with Gasteiger partial charge in [-0.2, -0.15) is 0 Å². The first kappa shape index (κ1) is 13.8. The highest BCUT2D eigenvalue weighted by Crippen LogP contribution is 2.46. The number of hydrogen-bond acceptors (Lipinski definition) is 6. The van der Waals surface area contributed by atoms with Crippen LogP contribution in [0.5, 0.6) is 28.7 Å². The first-order valence-corrected chi connectivity index (χ1v) is 7.17. The highest BCUT2D eigenvalue weighted by molar-refractivity contribution is 5.78. The Labute approximate surface area is 132 Å². The Kier molecular flexibility index (Phi) is 3.04. The minimum Gasteiger partial charge on any atom is -0.504 e. The summed E-state index contributed by atoms with van der Waals surface area (Å²) in [6.45, 7) is 0.153. The average molecular weight is 314 g/mol. The van der Waals surface area contributed by atoms with Crippen molar-refractivity contribution in [1.82, 2.24) is 0 Å². The Morgan fingerprint density at radius 2 is 1.91 bits per heavy atom. The van der Waals surface area contributed by atoms with Gasteiger partial charge in [0.05, 0.1) is 13.5 Å². The second-order valence-electron chi connectivity index (χ2n) is 5.41. The second-order valence-corrected chi connectivity index (χ2v) is 5.41. The molecule has 0 fully saturated rings. The smallest absolute Gasteiger partial charge is 0.312 e. The molecule has 2 heterocycles. The lowest BCUT2D eigenvalue weighted by Gasteiger charge is -2.25. The quantitative estimate of drug-likeness (QED) is 0.678. The molecule has 0 saturated heterocycles. The van der Waals surface area contributed by atoms with Crippen LogP contribution in [0.2, 0.25) is 0 Å². The molecule has 2 aliphatic heterocycles. The summed E-state index contributed by atoms with van der Waals surface area (Å²) >= 11 is 0. The molecule has 0 bridgehead atoms. The molecule has 6 nitrogen and oxygen atoms in total. The normalized spacial score (nSPS) is 18.3. The number of carbonyl (C=O) groups excluding carboxylic acids is 1. The van der Waals surface area contributed by atoms with Gasteiger partial charge in [-0.1, -0.05) is 6.07 Å². The van der Waals surface area contributed by atoms with Crippen LogP contribution in [0.25, 0.3) is 0 Å². The van der Waals surface area contributed by atoms with Gasteiger partial charge in [0, 0.05) is 17.5 Å². The molecule has 1 N–H and O–H groups in total. The van der Waals surface area contributed by atoms with Crippen molar-refractivity contribution in [3.8, 4) is 28.7 Å². The van der Waals surface area contributed by atoms with E-state index >= 15 is 0 Å². The summed E-state index contributed by atoms with van der Waals surface area (Å²) in [5.41, 5.74) is 1.64. The highest BCUT2D eigenvalue weighted by atomic mass is 16.7. The second kappa shape index (κ2) is 5.08. The zero-order valence-corrected chi connectivity index (χ0v) is 12.4. The number of fused-ring (bicyclic) bond motifs is 2. The van der Waals surface area contributed by atoms with Gasteiger partial charge < -0.3 is 24.1 Å². The molecule has 0 amide bonds. The van der Waals surface area contributed by atoms with Crippen LogP contribution in [-0.2, 0) is 4.79 Å². The van der Waals surface area contributed by atoms with E-state index in [4.69, 9.17) is 18.9 Å². The van der Waals surface area contributed by atoms with E-state index in [1.807, 2.05) is 12.1 Å². The van der Waals surface area contributed by atoms with Crippen molar-refractivity contribution in [3.63, 3.8) is 0 Å². The summed E-state index contributed by atoms with van der Waals surface area (Å²) in [6.07, 6.45) is 0.193. The Hall–Kier alpha value is -2.89. The van der Waals surface area contributed by atoms with Gasteiger partial charge in [0.2, 0.25) is 6.79 Å². The van der Waals surface area contributed by atoms with E-state index in [9.17, 15) is 9.90 Å². The van der Waals surface area contributed by atoms with E-state index in [1.165, 1.54) is 7.11 Å². The van der Waals surface area contributed by atoms with Gasteiger partial charge in [-0.25, -0.2) is 0 Å². The predicted octanol–water partition coefficient (Wildman–Crippen LogP) is 2.57. The van der Waals surface area contributed by atoms with Crippen LogP contribution in [0.3, 0.4) is 0 Å². The Morgan fingerprint density at radius 3 is 2.65 bits per heavy atom. The Bertz CT molecular complexity index is 798. The molecule has 2 aromatic rings. The summed E-state index contributed by atoms with van der Waals surface area (Å²) < 4.78 is 21.1. The van der Waals surface area contributed by atoms with Gasteiger partial charge in [0.15, 0.2) is 23.0 Å². The first-order chi connectivity index (χ1) is 11.2. The number of rotatable bonds is 2. The fraction of sp³-hybridized carbons (Fsp3) is 0.235. The third kappa shape index (κ3) is 2.23. The van der Waals surface area contributed by atoms with Gasteiger partial charge in [-0.05, 0) is 23.8 Å². The van der Waals surface area contributed by atoms with Crippen LogP contribution in [-0.4, -0.2) is 25.0 Å². The van der Waals surface area contributed by atoms with Gasteiger partial charge >= 0.3 is 5.97 Å². The van der Waals surface area contributed by atoms with E-state index in [0.29, 0.717) is 23.0 Å². The average Bonchev–Trinajstić information content (AvgIpc) is 2.99. The molecule has 6 heteroatoms. The summed E-state index contributed by atoms with van der Waals surface area (Å²) in [5.74, 6) is 1.53. The fourth-order valence-corrected chi connectivity index (χ4v) is 2.96. The predicted molar refractivity (Wildman–Crippen MR) is 79.3 cm³/mol. The van der Waals surface area contributed by atoms with Crippen molar-refractivity contribution in [3.05, 3.63) is 41.5 Å². The molecule has 4 rings (SSSR count). The van der Waals surface area contributed by atoms with E-state index < -0.39 is 0 Å². The summed E-state index contributed by atoms with van der Waals surface area (Å²) in [6, 6.07) is 8.62. The van der Waals surface area contributed by atoms with E-state index in [1.54, 1.807) is 18.2 Å². The van der Waals surface area contributed by atoms with Crippen molar-refractivity contribution in [2.45, 2.75) is 12.3 Å². The highest BCUT2D eigenvalue weighted by Gasteiger charge is 2.31. The number of carbonyl (C=O) groups is 1. The number of hydrogen-bond donors (Lipinski definition) is 1. The minimum absolute atomic E-state index is 0.0336. The van der Waals surface area contributed by atoms with Gasteiger partial charge in [-0.3, -0.25) is 4.79 Å². The van der Waals surface area contributed by atoms with E-state index in [0.717, 1.165) is 11.1 Å². The van der Waals surface area contributed by atoms with E-state index in [2.05, 4.69) is 0 Å². The van der Waals surface area contributed by atoms with Crippen LogP contribution < -0.4 is 18.9 Å². The molecule has 0 radical (unpaired) electrons. The summed E-state index contributed by atoms with van der Waals surface area (Å²) in [4.78, 5) is 11.9. The third-order valence-corrected chi connectivity index (χ3v) is 4.08. The zero-order chi connectivity index (χ0) is 16.0. The maximum absolute atomic E-state index is 11.9. The summed E-state index contributed by atoms with van der Waals surface area (Å²) in [7, 11) is 1.49. The van der Waals surface area contributed by atoms with Crippen molar-refractivity contribution < 1.29 is 28.8 Å². The van der Waals surface area contributed by atoms with Crippen LogP contribution in [0.1, 0.15) is 23.5 Å². The molecule has 1 atom stereocenters. The van der Waals surface area contributed by atoms with Crippen LogP contribution in [0.15, 0.2) is 30.3 Å². The lowest BCUT2D eigenvalue weighted by atomic mass is 9.86. The number of ether oxygens (including phenoxy) is 4. The molecule has 0 saturated carbocycles. The standard InChI is InChI=1S/C17H14O6/c1-20-13-3-2-9(4-12(13)18)10-6-17(19)23-14-7-16-15(5-11(10)14)21-8-22-16/h2-5,7,10,18H,6,8H2,1H3/t10-/m1/s1. The molecule has 118 valence electrons. The number of aromatic hydroxyl groups is 1. The number of esters is 1. The number of phenols is 1. The molecule has 0 aliphatic carbocycles. The number of phenolic OH excluding ortho intramolecular Hbond substituents is 1. The molecule has 2 aliphatic rings. The monoisotopic (exact) mass is 314 g/mol. The number of methoxy groups -OCH3 is 1. The molecular weight excluding hydrogens is 300 g/mol. The van der Waals surface area contributed by atoms with E-state index in [-0.39, 0.29) is 30.9 Å². The third-order valence-electron chi connectivity index (χ3n) is 4.08. The molecular formula is C17H14O6. The number of benzene rings is 2. The Balaban J connectivity index is 1.81. The van der Waals surface area contributed by atoms with Crippen molar-refractivity contribution in [1.29, 1.82) is 0 Å². The van der Waals surface area contributed by atoms with Crippen LogP contribution in [0.4, 0.5) is 0 Å². The van der Waals surface area contributed by atoms with Crippen molar-refractivity contribution in [2.75, 3.05) is 13.9 Å². The van der Waals surface area contributed by atoms with Gasteiger partial charge in [0.25, 0.3) is 0 Å². The lowest BCUT2D eigenvalue weighted by molar-refractivity contribution is -0.135. The largest absolute Gasteiger partial charge is 0.504 e. The molecule has 0 aromatic heterocycles. The zero-order valence-electron chi connectivity index (χ0n) is 12.4. The molecule has 2 aromatic carbocycles. The minimum atomic E-state index is -0.323. The Morgan fingerprint density at radius 1 is 1.13 bits per heavy atom. The topological polar surface area (TPSA) is 74.2 Å².